The molecule has 0 bridgehead atoms. The van der Waals surface area contributed by atoms with Crippen LogP contribution in [0, 0.1) is 5.82 Å². The van der Waals surface area contributed by atoms with Gasteiger partial charge in [-0.2, -0.15) is 0 Å². The standard InChI is InChI=1S/C21H27FN6O4/c1-13(29)19-12-28(25-24-19)15-5-7-26(8-6-15)20-4-3-16(9-18(20)22)27-11-17(32-21(27)31)10-23-14(2)30/h3-4,9,12-13,15,17,29H,5-8,10-11H2,1-2H3,(H,23,30)/t13?,17-/m0/s1. The normalized spacial score (nSPS) is 20.4. The third-order valence-electron chi connectivity index (χ3n) is 5.83. The van der Waals surface area contributed by atoms with Crippen molar-refractivity contribution >= 4 is 23.4 Å². The molecule has 11 heteroatoms. The molecular formula is C21H27FN6O4. The molecule has 2 N–H and O–H groups in total. The van der Waals surface area contributed by atoms with Crippen molar-refractivity contribution in [2.75, 3.05) is 36.0 Å². The third kappa shape index (κ3) is 4.67. The molecule has 10 nitrogen and oxygen atoms in total. The summed E-state index contributed by atoms with van der Waals surface area (Å²) >= 11 is 0. The maximum absolute atomic E-state index is 14.9. The van der Waals surface area contributed by atoms with E-state index in [9.17, 15) is 19.1 Å². The maximum atomic E-state index is 14.9. The number of hydrogen-bond acceptors (Lipinski definition) is 7. The highest BCUT2D eigenvalue weighted by Gasteiger charge is 2.33. The molecular weight excluding hydrogens is 419 g/mol. The topological polar surface area (TPSA) is 113 Å². The first-order valence-corrected chi connectivity index (χ1v) is 10.7. The molecule has 4 rings (SSSR count). The van der Waals surface area contributed by atoms with Gasteiger partial charge in [0, 0.05) is 20.0 Å². The Kier molecular flexibility index (Phi) is 6.26. The van der Waals surface area contributed by atoms with Gasteiger partial charge in [0.2, 0.25) is 5.91 Å². The van der Waals surface area contributed by atoms with Gasteiger partial charge < -0.3 is 20.1 Å². The number of halogens is 1. The number of nitrogens with one attached hydrogen (secondary N) is 1. The quantitative estimate of drug-likeness (QED) is 0.695. The molecule has 2 aromatic rings. The summed E-state index contributed by atoms with van der Waals surface area (Å²) in [5.41, 5.74) is 1.44. The van der Waals surface area contributed by atoms with Gasteiger partial charge in [0.15, 0.2) is 0 Å². The van der Waals surface area contributed by atoms with Gasteiger partial charge in [0.25, 0.3) is 0 Å². The van der Waals surface area contributed by atoms with Crippen molar-refractivity contribution in [1.82, 2.24) is 20.3 Å². The molecule has 32 heavy (non-hydrogen) atoms. The summed E-state index contributed by atoms with van der Waals surface area (Å²) < 4.78 is 22.0. The summed E-state index contributed by atoms with van der Waals surface area (Å²) in [7, 11) is 0. The minimum Gasteiger partial charge on any atom is -0.442 e. The van der Waals surface area contributed by atoms with E-state index in [1.165, 1.54) is 17.9 Å². The van der Waals surface area contributed by atoms with Crippen molar-refractivity contribution < 1.29 is 23.8 Å². The van der Waals surface area contributed by atoms with Crippen LogP contribution in [0.15, 0.2) is 24.4 Å². The van der Waals surface area contributed by atoms with E-state index in [2.05, 4.69) is 15.6 Å². The molecule has 0 aliphatic carbocycles. The minimum absolute atomic E-state index is 0.147. The van der Waals surface area contributed by atoms with Crippen molar-refractivity contribution in [3.05, 3.63) is 35.9 Å². The van der Waals surface area contributed by atoms with Gasteiger partial charge in [-0.15, -0.1) is 5.10 Å². The van der Waals surface area contributed by atoms with E-state index in [1.54, 1.807) is 29.9 Å². The number of rotatable bonds is 6. The average Bonchev–Trinajstić information content (AvgIpc) is 3.39. The zero-order valence-electron chi connectivity index (χ0n) is 18.1. The molecule has 3 heterocycles. The first kappa shape index (κ1) is 22.0. The van der Waals surface area contributed by atoms with Crippen LogP contribution >= 0.6 is 0 Å². The van der Waals surface area contributed by atoms with Crippen LogP contribution in [0.2, 0.25) is 0 Å². The van der Waals surface area contributed by atoms with E-state index in [0.29, 0.717) is 30.2 Å². The number of nitrogens with zero attached hydrogens (tertiary/aromatic N) is 5. The van der Waals surface area contributed by atoms with Gasteiger partial charge in [-0.1, -0.05) is 5.21 Å². The Labute approximate surface area is 184 Å². The molecule has 1 aromatic carbocycles. The number of cyclic esters (lactones) is 1. The fourth-order valence-electron chi connectivity index (χ4n) is 4.05. The Balaban J connectivity index is 1.37. The molecule has 0 spiro atoms. The fourth-order valence-corrected chi connectivity index (χ4v) is 4.05. The monoisotopic (exact) mass is 446 g/mol. The predicted molar refractivity (Wildman–Crippen MR) is 114 cm³/mol. The lowest BCUT2D eigenvalue weighted by atomic mass is 10.0. The summed E-state index contributed by atoms with van der Waals surface area (Å²) in [6, 6.07) is 4.88. The van der Waals surface area contributed by atoms with Gasteiger partial charge in [-0.05, 0) is 38.0 Å². The van der Waals surface area contributed by atoms with Crippen molar-refractivity contribution in [2.24, 2.45) is 0 Å². The van der Waals surface area contributed by atoms with E-state index in [4.69, 9.17) is 4.74 Å². The number of benzene rings is 1. The Hall–Kier alpha value is -3.21. The number of anilines is 2. The molecule has 0 radical (unpaired) electrons. The second-order valence-electron chi connectivity index (χ2n) is 8.21. The first-order chi connectivity index (χ1) is 15.3. The number of aromatic nitrogens is 3. The molecule has 2 saturated heterocycles. The van der Waals surface area contributed by atoms with Crippen molar-refractivity contribution in [1.29, 1.82) is 0 Å². The number of ether oxygens (including phenoxy) is 1. The Morgan fingerprint density at radius 3 is 2.75 bits per heavy atom. The summed E-state index contributed by atoms with van der Waals surface area (Å²) in [4.78, 5) is 26.6. The number of carbonyl (C=O) groups is 2. The Morgan fingerprint density at radius 1 is 1.38 bits per heavy atom. The van der Waals surface area contributed by atoms with Crippen molar-refractivity contribution in [3.63, 3.8) is 0 Å². The van der Waals surface area contributed by atoms with Crippen LogP contribution in [0.25, 0.3) is 0 Å². The van der Waals surface area contributed by atoms with Crippen LogP contribution in [0.4, 0.5) is 20.6 Å². The molecule has 2 fully saturated rings. The van der Waals surface area contributed by atoms with Gasteiger partial charge in [0.1, 0.15) is 17.6 Å². The third-order valence-corrected chi connectivity index (χ3v) is 5.83. The Bertz CT molecular complexity index is 988. The number of aliphatic hydroxyl groups excluding tert-OH is 1. The molecule has 1 unspecified atom stereocenters. The van der Waals surface area contributed by atoms with Gasteiger partial charge in [0.05, 0.1) is 42.8 Å². The number of amides is 2. The van der Waals surface area contributed by atoms with E-state index >= 15 is 0 Å². The molecule has 2 aliphatic rings. The van der Waals surface area contributed by atoms with E-state index in [1.807, 2.05) is 4.90 Å². The number of hydrogen-bond donors (Lipinski definition) is 2. The fraction of sp³-hybridized carbons (Fsp3) is 0.524. The van der Waals surface area contributed by atoms with Crippen LogP contribution in [0.3, 0.4) is 0 Å². The SMILES string of the molecule is CC(=O)NC[C@H]1CN(c2ccc(N3CCC(n4cc(C(C)O)nn4)CC3)c(F)c2)C(=O)O1. The number of aliphatic hydroxyl groups is 1. The number of piperidine rings is 1. The first-order valence-electron chi connectivity index (χ1n) is 10.7. The maximum Gasteiger partial charge on any atom is 0.414 e. The smallest absolute Gasteiger partial charge is 0.414 e. The summed E-state index contributed by atoms with van der Waals surface area (Å²) in [6.07, 6.45) is 1.61. The van der Waals surface area contributed by atoms with Crippen molar-refractivity contribution in [3.8, 4) is 0 Å². The van der Waals surface area contributed by atoms with Crippen LogP contribution in [0.5, 0.6) is 0 Å². The lowest BCUT2D eigenvalue weighted by Gasteiger charge is -2.33. The lowest BCUT2D eigenvalue weighted by molar-refractivity contribution is -0.119. The van der Waals surface area contributed by atoms with Crippen LogP contribution < -0.4 is 15.1 Å². The minimum atomic E-state index is -0.662. The highest BCUT2D eigenvalue weighted by molar-refractivity contribution is 5.90. The Morgan fingerprint density at radius 2 is 2.12 bits per heavy atom. The zero-order chi connectivity index (χ0) is 22.8. The van der Waals surface area contributed by atoms with Crippen LogP contribution in [0.1, 0.15) is 44.5 Å². The summed E-state index contributed by atoms with van der Waals surface area (Å²) in [6.45, 7) is 4.80. The molecule has 172 valence electrons. The molecule has 2 aliphatic heterocycles. The van der Waals surface area contributed by atoms with Gasteiger partial charge >= 0.3 is 6.09 Å². The van der Waals surface area contributed by atoms with E-state index in [-0.39, 0.29) is 25.0 Å². The second-order valence-corrected chi connectivity index (χ2v) is 8.21. The van der Waals surface area contributed by atoms with Gasteiger partial charge in [-0.25, -0.2) is 13.9 Å². The van der Waals surface area contributed by atoms with Gasteiger partial charge in [-0.3, -0.25) is 9.69 Å². The van der Waals surface area contributed by atoms with E-state index in [0.717, 1.165) is 12.8 Å². The lowest BCUT2D eigenvalue weighted by Crippen LogP contribution is -2.35. The highest BCUT2D eigenvalue weighted by Crippen LogP contribution is 2.31. The summed E-state index contributed by atoms with van der Waals surface area (Å²) in [5.74, 6) is -0.609. The highest BCUT2D eigenvalue weighted by atomic mass is 19.1. The van der Waals surface area contributed by atoms with E-state index < -0.39 is 24.1 Å². The molecule has 0 saturated carbocycles. The second kappa shape index (κ2) is 9.11. The molecule has 2 amide bonds. The molecule has 2 atom stereocenters. The summed E-state index contributed by atoms with van der Waals surface area (Å²) in [5, 5.41) is 20.3. The zero-order valence-corrected chi connectivity index (χ0v) is 18.1. The van der Waals surface area contributed by atoms with Crippen LogP contribution in [-0.4, -0.2) is 64.4 Å². The predicted octanol–water partition coefficient (Wildman–Crippen LogP) is 1.77. The molecule has 1 aromatic heterocycles. The van der Waals surface area contributed by atoms with Crippen molar-refractivity contribution in [2.45, 2.75) is 44.9 Å². The largest absolute Gasteiger partial charge is 0.442 e. The van der Waals surface area contributed by atoms with Crippen LogP contribution in [-0.2, 0) is 9.53 Å². The number of carbonyl (C=O) groups excluding carboxylic acids is 2. The average molecular weight is 446 g/mol.